The zero-order chi connectivity index (χ0) is 32.7. The van der Waals surface area contributed by atoms with Crippen molar-refractivity contribution in [2.45, 2.75) is 203 Å². The van der Waals surface area contributed by atoms with Crippen LogP contribution in [0.25, 0.3) is 0 Å². The Morgan fingerprint density at radius 1 is 0.386 bits per heavy atom. The molecule has 0 rings (SSSR count). The van der Waals surface area contributed by atoms with Crippen molar-refractivity contribution < 1.29 is 29.0 Å². The highest BCUT2D eigenvalue weighted by Gasteiger charge is 2.22. The van der Waals surface area contributed by atoms with Crippen LogP contribution in [0.15, 0.2) is 0 Å². The maximum atomic E-state index is 12.2. The Balaban J connectivity index is 3.53. The van der Waals surface area contributed by atoms with Crippen molar-refractivity contribution in [1.29, 1.82) is 0 Å². The van der Waals surface area contributed by atoms with Gasteiger partial charge in [0.25, 0.3) is 0 Å². The third-order valence-electron chi connectivity index (χ3n) is 8.19. The number of carbonyl (C=O) groups is 4. The van der Waals surface area contributed by atoms with Gasteiger partial charge in [-0.2, -0.15) is 0 Å². The first-order valence-electron chi connectivity index (χ1n) is 17.9. The van der Waals surface area contributed by atoms with E-state index in [9.17, 15) is 19.2 Å². The molecule has 0 aliphatic heterocycles. The largest absolute Gasteiger partial charge is 0.369 e. The summed E-state index contributed by atoms with van der Waals surface area (Å²) >= 11 is 6.74. The lowest BCUT2D eigenvalue weighted by Gasteiger charge is -2.11. The van der Waals surface area contributed by atoms with Crippen LogP contribution in [0.5, 0.6) is 0 Å². The summed E-state index contributed by atoms with van der Waals surface area (Å²) in [6.45, 7) is 3.34. The van der Waals surface area contributed by atoms with Gasteiger partial charge in [-0.1, -0.05) is 173 Å². The van der Waals surface area contributed by atoms with E-state index in [-0.39, 0.29) is 0 Å². The zero-order valence-corrected chi connectivity index (χ0v) is 31.3. The number of alkyl halides is 2. The summed E-state index contributed by atoms with van der Waals surface area (Å²) in [6, 6.07) is 0. The van der Waals surface area contributed by atoms with E-state index in [1.807, 2.05) is 0 Å². The number of Topliss-reactive ketones (excluding diaryl/α,β-unsaturated/α-hetero) is 2. The minimum Gasteiger partial charge on any atom is -0.300 e. The molecule has 0 fully saturated rings. The first kappa shape index (κ1) is 43.2. The molecule has 2 unspecified atom stereocenters. The van der Waals surface area contributed by atoms with Gasteiger partial charge in [0.2, 0.25) is 0 Å². The molecule has 2 atom stereocenters. The standard InChI is InChI=1S/C36H64Br2O6/c1-31(39)27-23-19-15-11-7-3-5-9-13-17-21-25-29-33(37)35(41)43-44-36(42)34(38)30-26-22-18-14-10-6-4-8-12-16-20-24-28-32(2)40/h33-34H,3-30H2,1-2H3. The highest BCUT2D eigenvalue weighted by molar-refractivity contribution is 9.10. The van der Waals surface area contributed by atoms with Gasteiger partial charge in [-0.25, -0.2) is 19.4 Å². The number of rotatable bonds is 32. The molecule has 0 bridgehead atoms. The molecule has 0 aromatic heterocycles. The second-order valence-electron chi connectivity index (χ2n) is 12.7. The number of ketones is 2. The van der Waals surface area contributed by atoms with Crippen molar-refractivity contribution in [2.24, 2.45) is 0 Å². The molecule has 0 heterocycles. The molecule has 0 amide bonds. The summed E-state index contributed by atoms with van der Waals surface area (Å²) in [5, 5.41) is 0. The van der Waals surface area contributed by atoms with Crippen molar-refractivity contribution >= 4 is 55.4 Å². The van der Waals surface area contributed by atoms with Crippen molar-refractivity contribution in [1.82, 2.24) is 0 Å². The fourth-order valence-electron chi connectivity index (χ4n) is 5.35. The summed E-state index contributed by atoms with van der Waals surface area (Å²) in [5.41, 5.74) is 0. The Morgan fingerprint density at radius 3 is 0.818 bits per heavy atom. The van der Waals surface area contributed by atoms with E-state index in [0.29, 0.717) is 24.4 Å². The fraction of sp³-hybridized carbons (Fsp3) is 0.889. The molecule has 8 heteroatoms. The zero-order valence-electron chi connectivity index (χ0n) is 28.2. The first-order chi connectivity index (χ1) is 21.2. The molecule has 0 aromatic carbocycles. The summed E-state index contributed by atoms with van der Waals surface area (Å²) in [4.78, 5) is 54.9. The Kier molecular flexibility index (Phi) is 31.6. The Bertz CT molecular complexity index is 669. The second-order valence-corrected chi connectivity index (χ2v) is 14.9. The highest BCUT2D eigenvalue weighted by Crippen LogP contribution is 2.19. The molecular formula is C36H64Br2O6. The van der Waals surface area contributed by atoms with E-state index >= 15 is 0 Å². The van der Waals surface area contributed by atoms with Gasteiger partial charge in [-0.15, -0.1) is 0 Å². The molecule has 0 radical (unpaired) electrons. The topological polar surface area (TPSA) is 86.7 Å². The quantitative estimate of drug-likeness (QED) is 0.0294. The number of hydrogen-bond acceptors (Lipinski definition) is 6. The number of halogens is 2. The lowest BCUT2D eigenvalue weighted by molar-refractivity contribution is -0.258. The SMILES string of the molecule is CC(=O)CCCCCCCCCCCCCCC(Br)C(=O)OOC(=O)C(Br)CCCCCCCCCCCCCCC(C)=O. The minimum atomic E-state index is -0.549. The number of carbonyl (C=O) groups excluding carboxylic acids is 4. The lowest BCUT2D eigenvalue weighted by atomic mass is 10.0. The van der Waals surface area contributed by atoms with E-state index in [1.54, 1.807) is 13.8 Å². The lowest BCUT2D eigenvalue weighted by Crippen LogP contribution is -2.23. The van der Waals surface area contributed by atoms with Crippen molar-refractivity contribution in [2.75, 3.05) is 0 Å². The third-order valence-corrected chi connectivity index (χ3v) is 9.85. The Labute approximate surface area is 286 Å². The molecular weight excluding hydrogens is 688 g/mol. The van der Waals surface area contributed by atoms with Crippen LogP contribution in [0.1, 0.15) is 194 Å². The molecule has 6 nitrogen and oxygen atoms in total. The predicted molar refractivity (Wildman–Crippen MR) is 188 cm³/mol. The van der Waals surface area contributed by atoms with Crippen molar-refractivity contribution in [3.05, 3.63) is 0 Å². The van der Waals surface area contributed by atoms with Crippen LogP contribution in [0, 0.1) is 0 Å². The summed E-state index contributed by atoms with van der Waals surface area (Å²) < 4.78 is 0. The maximum Gasteiger partial charge on any atom is 0.369 e. The van der Waals surface area contributed by atoms with Gasteiger partial charge in [0.1, 0.15) is 21.2 Å². The molecule has 0 aromatic rings. The monoisotopic (exact) mass is 750 g/mol. The highest BCUT2D eigenvalue weighted by atomic mass is 79.9. The van der Waals surface area contributed by atoms with Gasteiger partial charge in [0.15, 0.2) is 0 Å². The van der Waals surface area contributed by atoms with E-state index in [2.05, 4.69) is 31.9 Å². The summed E-state index contributed by atoms with van der Waals surface area (Å²) in [7, 11) is 0. The van der Waals surface area contributed by atoms with Gasteiger partial charge < -0.3 is 9.59 Å². The van der Waals surface area contributed by atoms with Gasteiger partial charge in [0.05, 0.1) is 0 Å². The Hall–Kier alpha value is -0.760. The molecule has 0 spiro atoms. The molecule has 258 valence electrons. The van der Waals surface area contributed by atoms with Crippen LogP contribution in [-0.2, 0) is 29.0 Å². The van der Waals surface area contributed by atoms with Gasteiger partial charge in [0, 0.05) is 12.8 Å². The van der Waals surface area contributed by atoms with Crippen LogP contribution in [0.2, 0.25) is 0 Å². The number of hydrogen-bond donors (Lipinski definition) is 0. The predicted octanol–water partition coefficient (Wildman–Crippen LogP) is 11.6. The average Bonchev–Trinajstić information content (AvgIpc) is 2.99. The molecule has 0 saturated carbocycles. The first-order valence-corrected chi connectivity index (χ1v) is 19.8. The van der Waals surface area contributed by atoms with Crippen molar-refractivity contribution in [3.63, 3.8) is 0 Å². The van der Waals surface area contributed by atoms with Gasteiger partial charge in [-0.05, 0) is 39.5 Å². The van der Waals surface area contributed by atoms with Gasteiger partial charge in [-0.3, -0.25) is 0 Å². The van der Waals surface area contributed by atoms with Crippen LogP contribution in [0.4, 0.5) is 0 Å². The Morgan fingerprint density at radius 2 is 0.591 bits per heavy atom. The van der Waals surface area contributed by atoms with Crippen LogP contribution >= 0.6 is 31.9 Å². The van der Waals surface area contributed by atoms with Crippen molar-refractivity contribution in [3.8, 4) is 0 Å². The van der Waals surface area contributed by atoms with E-state index in [1.165, 1.54) is 116 Å². The minimum absolute atomic E-state index is 0.302. The number of unbranched alkanes of at least 4 members (excludes halogenated alkanes) is 22. The van der Waals surface area contributed by atoms with Crippen LogP contribution < -0.4 is 0 Å². The van der Waals surface area contributed by atoms with E-state index < -0.39 is 21.6 Å². The van der Waals surface area contributed by atoms with Crippen LogP contribution in [0.3, 0.4) is 0 Å². The molecule has 44 heavy (non-hydrogen) atoms. The smallest absolute Gasteiger partial charge is 0.300 e. The second kappa shape index (κ2) is 32.2. The normalized spacial score (nSPS) is 12.5. The molecule has 0 N–H and O–H groups in total. The fourth-order valence-corrected chi connectivity index (χ4v) is 6.15. The van der Waals surface area contributed by atoms with E-state index in [4.69, 9.17) is 9.78 Å². The summed E-state index contributed by atoms with van der Waals surface area (Å²) in [6.07, 6.45) is 31.4. The molecule has 0 aliphatic rings. The van der Waals surface area contributed by atoms with E-state index in [0.717, 1.165) is 51.4 Å². The maximum absolute atomic E-state index is 12.2. The van der Waals surface area contributed by atoms with Gasteiger partial charge >= 0.3 is 11.9 Å². The molecule has 0 aliphatic carbocycles. The van der Waals surface area contributed by atoms with Crippen LogP contribution in [-0.4, -0.2) is 33.2 Å². The molecule has 0 saturated heterocycles. The average molecular weight is 753 g/mol. The third kappa shape index (κ3) is 31.2. The summed E-state index contributed by atoms with van der Waals surface area (Å²) in [5.74, 6) is -0.493.